The zero-order valence-corrected chi connectivity index (χ0v) is 62.3. The molecule has 0 saturated carbocycles. The smallest absolute Gasteiger partial charge is 0.339 e. The highest BCUT2D eigenvalue weighted by Crippen LogP contribution is 2.35. The zero-order valence-electron chi connectivity index (χ0n) is 60.6. The van der Waals surface area contributed by atoms with Crippen molar-refractivity contribution in [3.8, 4) is 0 Å². The van der Waals surface area contributed by atoms with Gasteiger partial charge >= 0.3 is 19.5 Å². The molecule has 0 bridgehead atoms. The topological polar surface area (TPSA) is 567 Å². The molecule has 12 amide bonds. The van der Waals surface area contributed by atoms with Crippen molar-refractivity contribution >= 4 is 119 Å². The van der Waals surface area contributed by atoms with Gasteiger partial charge in [-0.25, -0.2) is 4.98 Å². The van der Waals surface area contributed by atoms with Gasteiger partial charge in [0.15, 0.2) is 0 Å². The molecule has 4 aromatic rings. The van der Waals surface area contributed by atoms with E-state index >= 15 is 0 Å². The number of carbonyl (C=O) groups is 14. The molecule has 1 aliphatic heterocycles. The molecule has 2 aromatic heterocycles. The van der Waals surface area contributed by atoms with Gasteiger partial charge < -0.3 is 89.3 Å². The number of para-hydroxylation sites is 1. The fraction of sp³-hybridized carbons (Fsp3) is 0.537. The van der Waals surface area contributed by atoms with Crippen molar-refractivity contribution < 1.29 is 91.7 Å². The Hall–Kier alpha value is -9.73. The van der Waals surface area contributed by atoms with Crippen LogP contribution in [0.1, 0.15) is 81.9 Å². The number of imide groups is 1. The van der Waals surface area contributed by atoms with Crippen LogP contribution in [0.25, 0.3) is 10.9 Å². The summed E-state index contributed by atoms with van der Waals surface area (Å²) in [5.74, 6) is -12.6. The van der Waals surface area contributed by atoms with Gasteiger partial charge in [0, 0.05) is 106 Å². The van der Waals surface area contributed by atoms with Gasteiger partial charge in [-0.05, 0) is 85.9 Å². The number of thioether (sulfide) groups is 1. The number of imidazole rings is 1. The molecular formula is C67H100N19O19PS. The summed E-state index contributed by atoms with van der Waals surface area (Å²) in [4.78, 5) is 223. The number of nitrogens with two attached hydrogens (primary N) is 2. The van der Waals surface area contributed by atoms with Crippen LogP contribution in [-0.2, 0) is 79.7 Å². The Balaban J connectivity index is 1.23. The number of hydrogen-bond donors (Lipinski definition) is 18. The minimum atomic E-state index is -4.53. The van der Waals surface area contributed by atoms with E-state index in [2.05, 4.69) is 68.1 Å². The lowest BCUT2D eigenvalue weighted by Gasteiger charge is -2.33. The summed E-state index contributed by atoms with van der Waals surface area (Å²) in [5.41, 5.74) is 12.8. The number of aromatic amines is 2. The number of aliphatic carboxylic acids is 2. The fourth-order valence-electron chi connectivity index (χ4n) is 11.3. The lowest BCUT2D eigenvalue weighted by molar-refractivity contribution is -0.139. The highest BCUT2D eigenvalue weighted by molar-refractivity contribution is 7.98. The number of anilines is 1. The number of fused-ring (bicyclic) bond motifs is 1. The van der Waals surface area contributed by atoms with Crippen LogP contribution in [0.5, 0.6) is 0 Å². The fourth-order valence-corrected chi connectivity index (χ4v) is 12.6. The van der Waals surface area contributed by atoms with Crippen molar-refractivity contribution in [2.45, 2.75) is 115 Å². The van der Waals surface area contributed by atoms with E-state index in [1.165, 1.54) is 70.2 Å². The van der Waals surface area contributed by atoms with Crippen LogP contribution in [0.3, 0.4) is 0 Å². The van der Waals surface area contributed by atoms with Crippen molar-refractivity contribution in [3.63, 3.8) is 0 Å². The maximum atomic E-state index is 14.5. The van der Waals surface area contributed by atoms with E-state index in [0.29, 0.717) is 27.9 Å². The Morgan fingerprint density at radius 2 is 1.15 bits per heavy atom. The van der Waals surface area contributed by atoms with Gasteiger partial charge in [-0.2, -0.15) is 11.8 Å². The number of amides is 12. The lowest BCUT2D eigenvalue weighted by Crippen LogP contribution is -2.60. The summed E-state index contributed by atoms with van der Waals surface area (Å²) < 4.78 is 11.9. The Kier molecular flexibility index (Phi) is 36.0. The van der Waals surface area contributed by atoms with Crippen LogP contribution in [0.2, 0.25) is 0 Å². The molecule has 0 spiro atoms. The molecule has 588 valence electrons. The summed E-state index contributed by atoms with van der Waals surface area (Å²) in [6.07, 6.45) is 4.80. The van der Waals surface area contributed by atoms with Crippen molar-refractivity contribution in [3.05, 3.63) is 84.1 Å². The van der Waals surface area contributed by atoms with E-state index in [0.717, 1.165) is 0 Å². The molecule has 0 unspecified atom stereocenters. The van der Waals surface area contributed by atoms with Crippen LogP contribution < -0.4 is 64.6 Å². The van der Waals surface area contributed by atoms with E-state index in [-0.39, 0.29) is 108 Å². The summed E-state index contributed by atoms with van der Waals surface area (Å²) in [5, 5.41) is 45.5. The van der Waals surface area contributed by atoms with Gasteiger partial charge in [-0.3, -0.25) is 96.6 Å². The van der Waals surface area contributed by atoms with E-state index in [1.54, 1.807) is 69.3 Å². The van der Waals surface area contributed by atoms with Crippen molar-refractivity contribution in [1.29, 1.82) is 0 Å². The highest BCUT2D eigenvalue weighted by atomic mass is 32.2. The van der Waals surface area contributed by atoms with Crippen LogP contribution in [0, 0.1) is 11.8 Å². The normalized spacial score (nSPS) is 15.6. The Morgan fingerprint density at radius 1 is 0.598 bits per heavy atom. The number of carbonyl (C=O) groups excluding carboxylic acids is 12. The minimum Gasteiger partial charge on any atom is -0.480 e. The maximum Gasteiger partial charge on any atom is 0.339 e. The highest BCUT2D eigenvalue weighted by Gasteiger charge is 2.36. The van der Waals surface area contributed by atoms with Gasteiger partial charge in [-0.1, -0.05) is 45.9 Å². The van der Waals surface area contributed by atoms with Crippen molar-refractivity contribution in [1.82, 2.24) is 82.4 Å². The van der Waals surface area contributed by atoms with E-state index in [1.807, 2.05) is 0 Å². The largest absolute Gasteiger partial charge is 0.480 e. The molecule has 1 saturated heterocycles. The number of hydrogen-bond acceptors (Lipinski definition) is 22. The number of rotatable bonds is 40. The number of carboxylic acid groups (broad SMARTS) is 2. The van der Waals surface area contributed by atoms with E-state index in [9.17, 15) is 91.7 Å². The number of nitrogens with one attached hydrogen (secondary N) is 12. The van der Waals surface area contributed by atoms with Crippen LogP contribution in [0.15, 0.2) is 67.3 Å². The first-order chi connectivity index (χ1) is 50.6. The summed E-state index contributed by atoms with van der Waals surface area (Å²) >= 11 is 1.35. The molecule has 1 fully saturated rings. The lowest BCUT2D eigenvalue weighted by atomic mass is 10.0. The van der Waals surface area contributed by atoms with Crippen LogP contribution in [0.4, 0.5) is 5.69 Å². The average molecular weight is 1540 g/mol. The summed E-state index contributed by atoms with van der Waals surface area (Å²) in [6.45, 7) is 6.74. The SMILES string of the molecule is CSCC[C@H](NC(=O)[C@H](CC(C)C)NC(=O)[C@H](Cc1c[nH]cn1)NC(=O)CN)C(=O)NC(=O)[C@@H](NC(=O)[C@H](C)NC(=O)[C@H](Cc1c[nH]c2ccccc12)NC(=O)[C@H](CCC(N)=O)NC(=O)c1ccc(NC(=O)CNC(=O)CN2CCN(CC(=O)O)CCN(CP(=O)(O)O)CCN(CC(=O)O)CC2)cc1)C(C)C. The van der Waals surface area contributed by atoms with Crippen LogP contribution in [-0.4, -0.2) is 283 Å². The monoisotopic (exact) mass is 1540 g/mol. The number of aromatic nitrogens is 3. The maximum absolute atomic E-state index is 14.5. The van der Waals surface area contributed by atoms with E-state index in [4.69, 9.17) is 11.5 Å². The minimum absolute atomic E-state index is 0.0251. The molecule has 3 heterocycles. The van der Waals surface area contributed by atoms with Gasteiger partial charge in [0.1, 0.15) is 48.6 Å². The summed E-state index contributed by atoms with van der Waals surface area (Å²) in [6, 6.07) is 2.82. The molecule has 2 aromatic carbocycles. The molecular weight excluding hydrogens is 1440 g/mol. The number of benzene rings is 2. The Bertz CT molecular complexity index is 3730. The molecule has 1 aliphatic rings. The molecule has 7 atom stereocenters. The second-order valence-electron chi connectivity index (χ2n) is 26.5. The average Bonchev–Trinajstić information content (AvgIpc) is 1.69. The molecule has 0 radical (unpaired) electrons. The first-order valence-corrected chi connectivity index (χ1v) is 37.8. The van der Waals surface area contributed by atoms with Gasteiger partial charge in [0.2, 0.25) is 65.0 Å². The molecule has 40 heteroatoms. The number of primary amides is 1. The molecule has 38 nitrogen and oxygen atoms in total. The Labute approximate surface area is 621 Å². The van der Waals surface area contributed by atoms with Gasteiger partial charge in [0.05, 0.1) is 44.7 Å². The second-order valence-corrected chi connectivity index (χ2v) is 29.1. The zero-order chi connectivity index (χ0) is 79.1. The molecule has 20 N–H and O–H groups in total. The van der Waals surface area contributed by atoms with Gasteiger partial charge in [0.25, 0.3) is 5.91 Å². The predicted molar refractivity (Wildman–Crippen MR) is 392 cm³/mol. The Morgan fingerprint density at radius 3 is 1.71 bits per heavy atom. The first kappa shape index (κ1) is 87.9. The number of carboxylic acids is 2. The number of nitrogens with zero attached hydrogens (tertiary/aromatic N) is 5. The van der Waals surface area contributed by atoms with Crippen LogP contribution >= 0.6 is 19.4 Å². The predicted octanol–water partition coefficient (Wildman–Crippen LogP) is -3.69. The van der Waals surface area contributed by atoms with Gasteiger partial charge in [-0.15, -0.1) is 0 Å². The molecule has 5 rings (SSSR count). The quantitative estimate of drug-likeness (QED) is 0.0191. The second kappa shape index (κ2) is 43.8. The van der Waals surface area contributed by atoms with E-state index < -0.39 is 178 Å². The standard InChI is InChI=1S/C67H100N19O19PS/c1-39(2)27-50(79-66(101)52(76-54(88)30-68)29-45-32-70-37-73-45)65(100)78-49(17-26-107-6)63(98)82-67(102)59(40(3)4)81-60(95)41(5)74-64(99)51(28-43-31-71-47-10-8-7-9-46(43)47)80-62(97)48(15-16-53(69)87)77-61(96)42-11-13-44(14-12-42)75-55(89)33-72-56(90)34-83-18-20-84(35-57(91)92)22-24-86(38-106(103,104)105)25-23-85(21-19-83)36-58(93)94/h7-14,31-32,37,39-41,48-52,59,71H,15-30,33-36,38,68H2,1-6H3,(H2,69,87)(H,70,73)(H,72,90)(H,74,99)(H,75,89)(H,76,88)(H,77,96)(H,78,100)(H,79,101)(H,80,97)(H,81,95)(H,91,92)(H,93,94)(H,82,98,102)(H2,103,104,105)/t41-,48-,49-,50-,51-,52-,59-/m0/s1. The summed E-state index contributed by atoms with van der Waals surface area (Å²) in [7, 11) is -4.53. The van der Waals surface area contributed by atoms with Crippen molar-refractivity contribution in [2.24, 2.45) is 23.3 Å². The molecule has 0 aliphatic carbocycles. The third-order valence-electron chi connectivity index (χ3n) is 16.9. The molecule has 107 heavy (non-hydrogen) atoms. The number of H-pyrrole nitrogens is 2. The third-order valence-corrected chi connectivity index (χ3v) is 18.4. The third kappa shape index (κ3) is 31.7. The van der Waals surface area contributed by atoms with Crippen molar-refractivity contribution in [2.75, 3.05) is 109 Å². The first-order valence-electron chi connectivity index (χ1n) is 34.6.